The van der Waals surface area contributed by atoms with Crippen molar-refractivity contribution in [3.8, 4) is 0 Å². The third-order valence-electron chi connectivity index (χ3n) is 0. The molecule has 0 aromatic heterocycles. The molecule has 0 amide bonds. The van der Waals surface area contributed by atoms with Crippen LogP contribution < -0.4 is 5.73 Å². The molecule has 0 aliphatic heterocycles. The molecule has 76 valence electrons. The minimum Gasteiger partial charge on any atom is -0.454 e. The predicted molar refractivity (Wildman–Crippen MR) is 56.4 cm³/mol. The third kappa shape index (κ3) is 2430. The summed E-state index contributed by atoms with van der Waals surface area (Å²) in [5.74, 6) is -0.583. The minimum atomic E-state index is -0.583. The van der Waals surface area contributed by atoms with Crippen molar-refractivity contribution >= 4 is 30.8 Å². The molecule has 0 bridgehead atoms. The maximum Gasteiger partial charge on any atom is 0 e. The number of nitrogens with one attached hydrogen (secondary N) is 2. The molecule has 11 heavy (non-hydrogen) atoms. The zero-order chi connectivity index (χ0) is 3.58. The first kappa shape index (κ1) is 102. The number of rotatable bonds is 0. The van der Waals surface area contributed by atoms with E-state index in [1.54, 1.807) is 0 Å². The standard InChI is InChI=1S/CH4N3.4CH3.2ClH.Ti/c2-1(3)4;;;;;;;/h(H4-,2,3,4);4*1H3;2*1H;/q5*-1;;;. The molecule has 0 aromatic carbocycles. The molecular weight excluding hydrogens is 221 g/mol. The molecule has 0 fully saturated rings. The summed E-state index contributed by atoms with van der Waals surface area (Å²) in [6.07, 6.45) is 0. The van der Waals surface area contributed by atoms with Gasteiger partial charge in [-0.25, -0.2) is 0 Å². The van der Waals surface area contributed by atoms with Gasteiger partial charge in [0.2, 0.25) is 0 Å². The van der Waals surface area contributed by atoms with Crippen LogP contribution in [0.5, 0.6) is 0 Å². The SMILES string of the molecule is Cl.Cl.N=C([NH-])N.[CH3-].[CH3-].[CH3-].[CH3-].[Ti]. The molecule has 0 spiro atoms. The van der Waals surface area contributed by atoms with Gasteiger partial charge in [0, 0.05) is 21.7 Å². The van der Waals surface area contributed by atoms with Crippen LogP contribution >= 0.6 is 24.8 Å². The van der Waals surface area contributed by atoms with E-state index in [9.17, 15) is 0 Å². The number of hydrogen-bond donors (Lipinski definition) is 2. The van der Waals surface area contributed by atoms with Crippen molar-refractivity contribution in [2.45, 2.75) is 0 Å². The molecule has 0 heterocycles. The van der Waals surface area contributed by atoms with Crippen LogP contribution in [0.1, 0.15) is 0 Å². The Balaban J connectivity index is -0.00000000214. The van der Waals surface area contributed by atoms with Crippen LogP contribution in [0.25, 0.3) is 5.73 Å². The van der Waals surface area contributed by atoms with Crippen molar-refractivity contribution in [1.29, 1.82) is 5.41 Å². The quantitative estimate of drug-likeness (QED) is 0.290. The molecule has 6 heteroatoms. The Morgan fingerprint density at radius 3 is 1.00 bits per heavy atom. The van der Waals surface area contributed by atoms with Crippen LogP contribution in [0, 0.1) is 35.1 Å². The molecule has 0 radical (unpaired) electrons. The third-order valence-corrected chi connectivity index (χ3v) is 0. The normalized spacial score (nSPS) is 2.18. The average molecular weight is 239 g/mol. The Hall–Kier alpha value is 0.564. The second kappa shape index (κ2) is 76.1. The largest absolute Gasteiger partial charge is 0.454 e. The van der Waals surface area contributed by atoms with Crippen molar-refractivity contribution in [2.24, 2.45) is 5.73 Å². The van der Waals surface area contributed by atoms with Gasteiger partial charge < -0.3 is 46.6 Å². The molecule has 0 unspecified atom stereocenters. The van der Waals surface area contributed by atoms with E-state index in [0.29, 0.717) is 0 Å². The second-order valence-electron chi connectivity index (χ2n) is 0.414. The predicted octanol–water partition coefficient (Wildman–Crippen LogP) is 2.57. The summed E-state index contributed by atoms with van der Waals surface area (Å²) in [6, 6.07) is 0. The van der Waals surface area contributed by atoms with Crippen molar-refractivity contribution < 1.29 is 21.7 Å². The van der Waals surface area contributed by atoms with Gasteiger partial charge in [-0.15, -0.1) is 24.8 Å². The van der Waals surface area contributed by atoms with Crippen molar-refractivity contribution in [3.63, 3.8) is 0 Å². The average Bonchev–Trinajstić information content (AvgIpc) is 0.811. The van der Waals surface area contributed by atoms with Gasteiger partial charge in [0.05, 0.1) is 0 Å². The van der Waals surface area contributed by atoms with Gasteiger partial charge in [0.25, 0.3) is 0 Å². The van der Waals surface area contributed by atoms with Gasteiger partial charge in [-0.1, -0.05) is 0 Å². The smallest absolute Gasteiger partial charge is 0 e. The molecule has 4 N–H and O–H groups in total. The van der Waals surface area contributed by atoms with Gasteiger partial charge in [-0.3, -0.25) is 0 Å². The van der Waals surface area contributed by atoms with E-state index in [4.69, 9.17) is 11.1 Å². The van der Waals surface area contributed by atoms with Crippen molar-refractivity contribution in [3.05, 3.63) is 35.4 Å². The van der Waals surface area contributed by atoms with E-state index in [-0.39, 0.29) is 76.2 Å². The summed E-state index contributed by atoms with van der Waals surface area (Å²) < 4.78 is 0. The first-order chi connectivity index (χ1) is 1.73. The Bertz CT molecular complexity index is 42.7. The zero-order valence-corrected chi connectivity index (χ0v) is 10.6. The molecule has 0 saturated heterocycles. The van der Waals surface area contributed by atoms with E-state index in [2.05, 4.69) is 5.73 Å². The number of guanidine groups is 1. The van der Waals surface area contributed by atoms with Crippen LogP contribution in [-0.4, -0.2) is 5.96 Å². The molecule has 0 rings (SSSR count). The summed E-state index contributed by atoms with van der Waals surface area (Å²) >= 11 is 0. The molecule has 0 aliphatic carbocycles. The summed E-state index contributed by atoms with van der Waals surface area (Å²) in [5, 5.41) is 5.94. The number of nitrogens with two attached hydrogens (primary N) is 1. The number of halogens is 2. The molecule has 0 saturated carbocycles. The van der Waals surface area contributed by atoms with Crippen molar-refractivity contribution in [1.82, 2.24) is 0 Å². The van der Waals surface area contributed by atoms with Gasteiger partial charge in [0.1, 0.15) is 0 Å². The minimum absolute atomic E-state index is 0. The molecular formula is C5H18Cl2N3Ti-5. The Morgan fingerprint density at radius 1 is 1.00 bits per heavy atom. The maximum absolute atomic E-state index is 5.94. The summed E-state index contributed by atoms with van der Waals surface area (Å²) in [7, 11) is 0. The topological polar surface area (TPSA) is 73.7 Å². The van der Waals surface area contributed by atoms with E-state index in [1.807, 2.05) is 0 Å². The van der Waals surface area contributed by atoms with Gasteiger partial charge in [-0.05, 0) is 5.96 Å². The summed E-state index contributed by atoms with van der Waals surface area (Å²) in [4.78, 5) is 0. The monoisotopic (exact) mass is 238 g/mol. The van der Waals surface area contributed by atoms with E-state index in [1.165, 1.54) is 0 Å². The van der Waals surface area contributed by atoms with Crippen LogP contribution in [0.15, 0.2) is 0 Å². The van der Waals surface area contributed by atoms with Gasteiger partial charge >= 0.3 is 0 Å². The Kier molecular flexibility index (Phi) is 703. The molecule has 0 aromatic rings. The summed E-state index contributed by atoms with van der Waals surface area (Å²) in [5.41, 5.74) is 10.3. The molecule has 0 aliphatic rings. The number of hydrogen-bond acceptors (Lipinski definition) is 1. The maximum atomic E-state index is 5.94. The molecule has 3 nitrogen and oxygen atoms in total. The van der Waals surface area contributed by atoms with E-state index >= 15 is 0 Å². The van der Waals surface area contributed by atoms with Crippen LogP contribution in [0.3, 0.4) is 0 Å². The fourth-order valence-electron chi connectivity index (χ4n) is 0. The zero-order valence-electron chi connectivity index (χ0n) is 7.39. The Labute approximate surface area is 98.9 Å². The van der Waals surface area contributed by atoms with Gasteiger partial charge in [-0.2, -0.15) is 0 Å². The van der Waals surface area contributed by atoms with E-state index in [0.717, 1.165) is 0 Å². The van der Waals surface area contributed by atoms with Gasteiger partial charge in [0.15, 0.2) is 0 Å². The first-order valence-corrected chi connectivity index (χ1v) is 0.789. The van der Waals surface area contributed by atoms with Crippen LogP contribution in [-0.2, 0) is 21.7 Å². The van der Waals surface area contributed by atoms with E-state index < -0.39 is 5.96 Å². The van der Waals surface area contributed by atoms with Crippen molar-refractivity contribution in [2.75, 3.05) is 0 Å². The van der Waals surface area contributed by atoms with Crippen LogP contribution in [0.4, 0.5) is 0 Å². The molecule has 0 atom stereocenters. The second-order valence-corrected chi connectivity index (χ2v) is 0.414. The fourth-order valence-corrected chi connectivity index (χ4v) is 0. The first-order valence-electron chi connectivity index (χ1n) is 0.789. The Morgan fingerprint density at radius 2 is 1.00 bits per heavy atom. The summed E-state index contributed by atoms with van der Waals surface area (Å²) in [6.45, 7) is 0. The van der Waals surface area contributed by atoms with Crippen LogP contribution in [0.2, 0.25) is 0 Å². The fraction of sp³-hybridized carbons (Fsp3) is 0.